The summed E-state index contributed by atoms with van der Waals surface area (Å²) in [7, 11) is 0. The summed E-state index contributed by atoms with van der Waals surface area (Å²) in [6.45, 7) is 2.94. The Bertz CT molecular complexity index is 1290. The lowest BCUT2D eigenvalue weighted by Gasteiger charge is -2.31. The third-order valence-corrected chi connectivity index (χ3v) is 21.2. The molecule has 278 valence electrons. The second kappa shape index (κ2) is 14.9. The molecule has 0 spiro atoms. The van der Waals surface area contributed by atoms with Crippen molar-refractivity contribution < 1.29 is 23.9 Å². The highest BCUT2D eigenvalue weighted by Crippen LogP contribution is 2.65. The predicted molar refractivity (Wildman–Crippen MR) is 207 cm³/mol. The van der Waals surface area contributed by atoms with Crippen molar-refractivity contribution in [3.8, 4) is 0 Å². The molecule has 0 amide bonds. The average Bonchev–Trinajstić information content (AvgIpc) is 3.93. The molecule has 0 N–H and O–H groups in total. The van der Waals surface area contributed by atoms with Crippen molar-refractivity contribution in [1.82, 2.24) is 0 Å². The number of hydrogen-bond acceptors (Lipinski definition) is 9. The maximum absolute atomic E-state index is 12.8. The highest BCUT2D eigenvalue weighted by Gasteiger charge is 2.58. The molecule has 0 radical (unpaired) electrons. The monoisotopic (exact) mass is 760 g/mol. The van der Waals surface area contributed by atoms with Gasteiger partial charge in [-0.1, -0.05) is 11.8 Å². The fourth-order valence-electron chi connectivity index (χ4n) is 14.7. The molecule has 9 saturated carbocycles. The van der Waals surface area contributed by atoms with Crippen molar-refractivity contribution in [3.63, 3.8) is 0 Å². The number of carbonyl (C=O) groups is 3. The number of thioether (sulfide) groups is 4. The van der Waals surface area contributed by atoms with Gasteiger partial charge in [0.1, 0.15) is 0 Å². The number of ether oxygens (including phenoxy) is 2. The van der Waals surface area contributed by atoms with Gasteiger partial charge in [0.15, 0.2) is 5.12 Å². The number of fused-ring (bicyclic) bond motifs is 15. The van der Waals surface area contributed by atoms with E-state index in [9.17, 15) is 14.4 Å². The topological polar surface area (TPSA) is 69.7 Å². The summed E-state index contributed by atoms with van der Waals surface area (Å²) in [5.41, 5.74) is 0. The van der Waals surface area contributed by atoms with E-state index in [0.717, 1.165) is 87.1 Å². The molecule has 5 nitrogen and oxygen atoms in total. The Balaban J connectivity index is 0.642. The van der Waals surface area contributed by atoms with E-state index in [4.69, 9.17) is 9.47 Å². The molecule has 9 aliphatic rings. The summed E-state index contributed by atoms with van der Waals surface area (Å²) in [6, 6.07) is 0. The van der Waals surface area contributed by atoms with Crippen LogP contribution in [0.15, 0.2) is 0 Å². The standard InChI is InChI=1S/C41H60O5S4/c1-21(42)50-28-17-32-25-12-37(35(32)18-28)39(14-25)49-6-4-40(43)45-19-22-7-29-23-9-26(30(10-23)33(29)8-22)20-46-41(44)3-5-48-27-15-31-24-11-36(34(31)16-27)38(13-24)47-2/h22-39H,3-20H2,1-2H3. The Hall–Kier alpha value is 0.01000. The summed E-state index contributed by atoms with van der Waals surface area (Å²) in [5.74, 6) is 13.1. The molecule has 0 aliphatic heterocycles. The van der Waals surface area contributed by atoms with Gasteiger partial charge >= 0.3 is 11.9 Å². The van der Waals surface area contributed by atoms with E-state index in [1.807, 2.05) is 11.8 Å². The summed E-state index contributed by atoms with van der Waals surface area (Å²) in [4.78, 5) is 37.2. The van der Waals surface area contributed by atoms with Gasteiger partial charge in [-0.15, -0.1) is 0 Å². The highest BCUT2D eigenvalue weighted by atomic mass is 32.2. The Kier molecular flexibility index (Phi) is 10.7. The lowest BCUT2D eigenvalue weighted by atomic mass is 9.76. The van der Waals surface area contributed by atoms with Gasteiger partial charge in [-0.05, 0) is 166 Å². The normalized spacial score (nSPS) is 48.7. The van der Waals surface area contributed by atoms with Crippen LogP contribution in [0.5, 0.6) is 0 Å². The number of hydrogen-bond donors (Lipinski definition) is 0. The molecule has 0 saturated heterocycles. The van der Waals surface area contributed by atoms with Crippen LogP contribution in [0.4, 0.5) is 0 Å². The van der Waals surface area contributed by atoms with Gasteiger partial charge in [0.2, 0.25) is 0 Å². The Morgan fingerprint density at radius 2 is 1.08 bits per heavy atom. The van der Waals surface area contributed by atoms with Crippen molar-refractivity contribution >= 4 is 64.1 Å². The molecule has 0 aromatic carbocycles. The molecule has 50 heavy (non-hydrogen) atoms. The molecular weight excluding hydrogens is 701 g/mol. The molecule has 9 rings (SSSR count). The van der Waals surface area contributed by atoms with E-state index in [1.165, 1.54) is 77.0 Å². The molecule has 0 aromatic heterocycles. The first kappa shape index (κ1) is 35.7. The fraction of sp³-hybridized carbons (Fsp3) is 0.927. The van der Waals surface area contributed by atoms with Gasteiger partial charge in [-0.3, -0.25) is 14.4 Å². The van der Waals surface area contributed by atoms with Crippen LogP contribution in [-0.2, 0) is 23.9 Å². The third-order valence-electron chi connectivity index (χ3n) is 16.3. The van der Waals surface area contributed by atoms with Gasteiger partial charge < -0.3 is 9.47 Å². The smallest absolute Gasteiger partial charge is 0.306 e. The summed E-state index contributed by atoms with van der Waals surface area (Å²) < 4.78 is 11.8. The molecular formula is C41H60O5S4. The Morgan fingerprint density at radius 3 is 1.82 bits per heavy atom. The first-order valence-electron chi connectivity index (χ1n) is 20.6. The maximum Gasteiger partial charge on any atom is 0.306 e. The first-order valence-corrected chi connectivity index (χ1v) is 24.8. The molecule has 0 aromatic rings. The molecule has 9 fully saturated rings. The van der Waals surface area contributed by atoms with Gasteiger partial charge in [0, 0.05) is 39.4 Å². The minimum atomic E-state index is -0.00701. The van der Waals surface area contributed by atoms with Gasteiger partial charge in [-0.25, -0.2) is 0 Å². The summed E-state index contributed by atoms with van der Waals surface area (Å²) in [6.07, 6.45) is 19.3. The van der Waals surface area contributed by atoms with E-state index < -0.39 is 0 Å². The fourth-order valence-corrected chi connectivity index (χ4v) is 19.7. The van der Waals surface area contributed by atoms with E-state index in [2.05, 4.69) is 29.8 Å². The van der Waals surface area contributed by atoms with Gasteiger partial charge in [0.05, 0.1) is 26.1 Å². The third kappa shape index (κ3) is 6.90. The maximum atomic E-state index is 12.8. The highest BCUT2D eigenvalue weighted by molar-refractivity contribution is 8.14. The lowest BCUT2D eigenvalue weighted by molar-refractivity contribution is -0.145. The van der Waals surface area contributed by atoms with Gasteiger partial charge in [-0.2, -0.15) is 35.3 Å². The van der Waals surface area contributed by atoms with E-state index in [-0.39, 0.29) is 17.1 Å². The molecule has 6 bridgehead atoms. The first-order chi connectivity index (χ1) is 24.3. The largest absolute Gasteiger partial charge is 0.465 e. The second-order valence-electron chi connectivity index (χ2n) is 18.5. The quantitative estimate of drug-likeness (QED) is 0.162. The minimum absolute atomic E-state index is 0.00701. The number of rotatable bonds is 14. The van der Waals surface area contributed by atoms with E-state index in [0.29, 0.717) is 54.3 Å². The Labute approximate surface area is 317 Å². The number of esters is 2. The van der Waals surface area contributed by atoms with Crippen molar-refractivity contribution in [3.05, 3.63) is 0 Å². The minimum Gasteiger partial charge on any atom is -0.465 e. The van der Waals surface area contributed by atoms with Crippen LogP contribution in [0, 0.1) is 82.9 Å². The van der Waals surface area contributed by atoms with Crippen molar-refractivity contribution in [2.24, 2.45) is 82.9 Å². The van der Waals surface area contributed by atoms with Crippen molar-refractivity contribution in [2.45, 2.75) is 118 Å². The van der Waals surface area contributed by atoms with Crippen LogP contribution in [0.1, 0.15) is 96.8 Å². The zero-order chi connectivity index (χ0) is 34.1. The van der Waals surface area contributed by atoms with Crippen LogP contribution >= 0.6 is 47.0 Å². The number of carbonyl (C=O) groups excluding carboxylic acids is 3. The Morgan fingerprint density at radius 1 is 0.540 bits per heavy atom. The van der Waals surface area contributed by atoms with E-state index in [1.54, 1.807) is 18.7 Å². The molecule has 9 heteroatoms. The summed E-state index contributed by atoms with van der Waals surface area (Å²) in [5, 5.41) is 3.20. The van der Waals surface area contributed by atoms with Crippen LogP contribution in [0.3, 0.4) is 0 Å². The van der Waals surface area contributed by atoms with Crippen LogP contribution in [0.2, 0.25) is 0 Å². The molecule has 9 aliphatic carbocycles. The zero-order valence-electron chi connectivity index (χ0n) is 30.3. The molecule has 18 atom stereocenters. The van der Waals surface area contributed by atoms with Crippen LogP contribution < -0.4 is 0 Å². The SMILES string of the molecule is CSC1CC2CC1C1CC(SCCC(=O)OCC3CC4CC3C3CC(COC(=O)CCSC5CC6CC5C5CC(SC(C)=O)CC65)CC43)CC21. The zero-order valence-corrected chi connectivity index (χ0v) is 33.6. The summed E-state index contributed by atoms with van der Waals surface area (Å²) >= 11 is 7.79. The molecule has 0 heterocycles. The lowest BCUT2D eigenvalue weighted by Crippen LogP contribution is -2.28. The van der Waals surface area contributed by atoms with Gasteiger partial charge in [0.25, 0.3) is 0 Å². The predicted octanol–water partition coefficient (Wildman–Crippen LogP) is 8.87. The van der Waals surface area contributed by atoms with Crippen LogP contribution in [-0.4, -0.2) is 69.0 Å². The van der Waals surface area contributed by atoms with Crippen molar-refractivity contribution in [1.29, 1.82) is 0 Å². The van der Waals surface area contributed by atoms with Crippen LogP contribution in [0.25, 0.3) is 0 Å². The van der Waals surface area contributed by atoms with Crippen molar-refractivity contribution in [2.75, 3.05) is 31.0 Å². The second-order valence-corrected chi connectivity index (χ2v) is 23.8. The molecule has 18 unspecified atom stereocenters. The average molecular weight is 761 g/mol. The van der Waals surface area contributed by atoms with E-state index >= 15 is 0 Å².